The number of nitrogens with zero attached hydrogens (tertiary/aromatic N) is 2. The minimum absolute atomic E-state index is 0.0310. The van der Waals surface area contributed by atoms with Gasteiger partial charge in [0.25, 0.3) is 5.91 Å². The highest BCUT2D eigenvalue weighted by molar-refractivity contribution is 7.99. The van der Waals surface area contributed by atoms with Gasteiger partial charge in [-0.25, -0.2) is 4.98 Å². The molecule has 1 saturated heterocycles. The molecule has 23 heavy (non-hydrogen) atoms. The van der Waals surface area contributed by atoms with Crippen LogP contribution in [0.2, 0.25) is 0 Å². The average Bonchev–Trinajstić information content (AvgIpc) is 3.13. The van der Waals surface area contributed by atoms with Gasteiger partial charge in [0, 0.05) is 24.4 Å². The second-order valence-electron chi connectivity index (χ2n) is 5.56. The van der Waals surface area contributed by atoms with Gasteiger partial charge in [0.05, 0.1) is 0 Å². The number of amides is 1. The van der Waals surface area contributed by atoms with E-state index < -0.39 is 0 Å². The molecule has 1 aromatic carbocycles. The molecular weight excluding hydrogens is 310 g/mol. The summed E-state index contributed by atoms with van der Waals surface area (Å²) in [5.41, 5.74) is 2.02. The lowest BCUT2D eigenvalue weighted by Gasteiger charge is -2.23. The zero-order valence-corrected chi connectivity index (χ0v) is 13.7. The van der Waals surface area contributed by atoms with Crippen LogP contribution in [0.5, 0.6) is 0 Å². The number of hydrogen-bond donors (Lipinski definition) is 3. The Morgan fingerprint density at radius 2 is 2.22 bits per heavy atom. The fourth-order valence-electron chi connectivity index (χ4n) is 2.72. The van der Waals surface area contributed by atoms with Gasteiger partial charge in [0.1, 0.15) is 6.33 Å². The monoisotopic (exact) mass is 331 g/mol. The molecule has 2 heterocycles. The number of aromatic nitrogens is 3. The van der Waals surface area contributed by atoms with E-state index in [-0.39, 0.29) is 5.91 Å². The lowest BCUT2D eigenvalue weighted by Crippen LogP contribution is -2.28. The molecule has 1 unspecified atom stereocenters. The predicted molar refractivity (Wildman–Crippen MR) is 90.7 cm³/mol. The summed E-state index contributed by atoms with van der Waals surface area (Å²) in [6.45, 7) is 2.74. The summed E-state index contributed by atoms with van der Waals surface area (Å²) in [5.74, 6) is 1.29. The van der Waals surface area contributed by atoms with E-state index in [1.807, 2.05) is 12.1 Å². The average molecular weight is 331 g/mol. The minimum atomic E-state index is -0.0310. The summed E-state index contributed by atoms with van der Waals surface area (Å²) in [7, 11) is 0. The molecule has 1 aromatic heterocycles. The number of rotatable bonds is 6. The van der Waals surface area contributed by atoms with Crippen molar-refractivity contribution in [3.63, 3.8) is 0 Å². The molecule has 1 fully saturated rings. The number of carbonyl (C=O) groups is 1. The van der Waals surface area contributed by atoms with E-state index in [1.165, 1.54) is 36.5 Å². The summed E-state index contributed by atoms with van der Waals surface area (Å²) in [5, 5.41) is 13.7. The highest BCUT2D eigenvalue weighted by Gasteiger charge is 2.15. The number of piperidine rings is 1. The molecule has 2 aromatic rings. The SMILES string of the molecule is O=C(NCCSc1ncn[nH]1)c1ccc(C2CCCNC2)cc1. The van der Waals surface area contributed by atoms with Crippen LogP contribution in [0.15, 0.2) is 35.7 Å². The fourth-order valence-corrected chi connectivity index (χ4v) is 3.36. The normalized spacial score (nSPS) is 17.8. The van der Waals surface area contributed by atoms with E-state index in [0.717, 1.165) is 24.0 Å². The lowest BCUT2D eigenvalue weighted by atomic mass is 9.91. The van der Waals surface area contributed by atoms with Crippen molar-refractivity contribution in [2.45, 2.75) is 23.9 Å². The molecule has 3 N–H and O–H groups in total. The summed E-state index contributed by atoms with van der Waals surface area (Å²) in [4.78, 5) is 16.1. The molecule has 1 aliphatic rings. The molecule has 1 atom stereocenters. The van der Waals surface area contributed by atoms with Crippen LogP contribution in [0.1, 0.15) is 34.7 Å². The smallest absolute Gasteiger partial charge is 0.251 e. The van der Waals surface area contributed by atoms with Gasteiger partial charge >= 0.3 is 0 Å². The third kappa shape index (κ3) is 4.56. The van der Waals surface area contributed by atoms with Gasteiger partial charge in [-0.2, -0.15) is 5.10 Å². The molecule has 1 aliphatic heterocycles. The topological polar surface area (TPSA) is 82.7 Å². The Morgan fingerprint density at radius 3 is 2.91 bits per heavy atom. The molecule has 3 rings (SSSR count). The van der Waals surface area contributed by atoms with Crippen molar-refractivity contribution in [2.24, 2.45) is 0 Å². The molecule has 7 heteroatoms. The summed E-state index contributed by atoms with van der Waals surface area (Å²) < 4.78 is 0. The first-order valence-electron chi connectivity index (χ1n) is 7.90. The summed E-state index contributed by atoms with van der Waals surface area (Å²) >= 11 is 1.53. The van der Waals surface area contributed by atoms with E-state index in [2.05, 4.69) is 37.9 Å². The van der Waals surface area contributed by atoms with Crippen LogP contribution in [0, 0.1) is 0 Å². The number of carbonyl (C=O) groups excluding carboxylic acids is 1. The fraction of sp³-hybridized carbons (Fsp3) is 0.438. The van der Waals surface area contributed by atoms with E-state index in [9.17, 15) is 4.79 Å². The summed E-state index contributed by atoms with van der Waals surface area (Å²) in [6, 6.07) is 8.00. The molecule has 1 amide bonds. The highest BCUT2D eigenvalue weighted by Crippen LogP contribution is 2.23. The van der Waals surface area contributed by atoms with Gasteiger partial charge < -0.3 is 10.6 Å². The highest BCUT2D eigenvalue weighted by atomic mass is 32.2. The van der Waals surface area contributed by atoms with Crippen molar-refractivity contribution in [1.29, 1.82) is 0 Å². The first kappa shape index (κ1) is 16.0. The van der Waals surface area contributed by atoms with E-state index in [1.54, 1.807) is 0 Å². The number of benzene rings is 1. The Labute approximate surface area is 139 Å². The van der Waals surface area contributed by atoms with E-state index >= 15 is 0 Å². The molecule has 0 bridgehead atoms. The maximum Gasteiger partial charge on any atom is 0.251 e. The largest absolute Gasteiger partial charge is 0.351 e. The lowest BCUT2D eigenvalue weighted by molar-refractivity contribution is 0.0956. The van der Waals surface area contributed by atoms with Crippen LogP contribution in [0.4, 0.5) is 0 Å². The van der Waals surface area contributed by atoms with Gasteiger partial charge in [-0.1, -0.05) is 23.9 Å². The van der Waals surface area contributed by atoms with E-state index in [4.69, 9.17) is 0 Å². The van der Waals surface area contributed by atoms with Crippen molar-refractivity contribution in [2.75, 3.05) is 25.4 Å². The van der Waals surface area contributed by atoms with Crippen LogP contribution in [-0.4, -0.2) is 46.5 Å². The third-order valence-corrected chi connectivity index (χ3v) is 4.84. The number of thioether (sulfide) groups is 1. The van der Waals surface area contributed by atoms with Crippen molar-refractivity contribution in [3.8, 4) is 0 Å². The van der Waals surface area contributed by atoms with Crippen molar-refractivity contribution in [1.82, 2.24) is 25.8 Å². The number of nitrogens with one attached hydrogen (secondary N) is 3. The van der Waals surface area contributed by atoms with Crippen molar-refractivity contribution >= 4 is 17.7 Å². The molecule has 0 saturated carbocycles. The summed E-state index contributed by atoms with van der Waals surface area (Å²) in [6.07, 6.45) is 3.91. The van der Waals surface area contributed by atoms with Gasteiger partial charge in [-0.3, -0.25) is 9.89 Å². The minimum Gasteiger partial charge on any atom is -0.351 e. The Morgan fingerprint density at radius 1 is 1.35 bits per heavy atom. The van der Waals surface area contributed by atoms with E-state index in [0.29, 0.717) is 18.0 Å². The molecule has 122 valence electrons. The zero-order valence-electron chi connectivity index (χ0n) is 12.9. The Balaban J connectivity index is 1.45. The van der Waals surface area contributed by atoms with Crippen LogP contribution in [-0.2, 0) is 0 Å². The van der Waals surface area contributed by atoms with Crippen LogP contribution in [0.3, 0.4) is 0 Å². The molecular formula is C16H21N5OS. The van der Waals surface area contributed by atoms with Gasteiger partial charge in [0.2, 0.25) is 0 Å². The molecule has 6 nitrogen and oxygen atoms in total. The Kier molecular flexibility index (Phi) is 5.65. The van der Waals surface area contributed by atoms with Crippen molar-refractivity contribution < 1.29 is 4.79 Å². The standard InChI is InChI=1S/C16H21N5OS/c22-15(18-8-9-23-16-19-11-20-21-16)13-5-3-12(4-6-13)14-2-1-7-17-10-14/h3-6,11,14,17H,1-2,7-10H2,(H,18,22)(H,19,20,21). The molecule has 0 aliphatic carbocycles. The number of aromatic amines is 1. The van der Waals surface area contributed by atoms with Gasteiger partial charge in [0.15, 0.2) is 5.16 Å². The Bertz CT molecular complexity index is 608. The second-order valence-corrected chi connectivity index (χ2v) is 6.64. The second kappa shape index (κ2) is 8.12. The quantitative estimate of drug-likeness (QED) is 0.555. The van der Waals surface area contributed by atoms with Crippen LogP contribution >= 0.6 is 11.8 Å². The van der Waals surface area contributed by atoms with Crippen LogP contribution < -0.4 is 10.6 Å². The predicted octanol–water partition coefficient (Wildman–Crippen LogP) is 1.79. The number of H-pyrrole nitrogens is 1. The Hall–Kier alpha value is -1.86. The van der Waals surface area contributed by atoms with Gasteiger partial charge in [-0.15, -0.1) is 0 Å². The molecule has 0 spiro atoms. The first-order valence-corrected chi connectivity index (χ1v) is 8.88. The number of hydrogen-bond acceptors (Lipinski definition) is 5. The maximum absolute atomic E-state index is 12.1. The van der Waals surface area contributed by atoms with Crippen LogP contribution in [0.25, 0.3) is 0 Å². The van der Waals surface area contributed by atoms with Gasteiger partial charge in [-0.05, 0) is 43.0 Å². The van der Waals surface area contributed by atoms with Crippen molar-refractivity contribution in [3.05, 3.63) is 41.7 Å². The maximum atomic E-state index is 12.1. The zero-order chi connectivity index (χ0) is 15.9. The molecule has 0 radical (unpaired) electrons. The first-order chi connectivity index (χ1) is 11.3. The third-order valence-electron chi connectivity index (χ3n) is 3.96.